The quantitative estimate of drug-likeness (QED) is 0.844. The van der Waals surface area contributed by atoms with Gasteiger partial charge in [0.05, 0.1) is 18.2 Å². The lowest BCUT2D eigenvalue weighted by Crippen LogP contribution is -2.50. The summed E-state index contributed by atoms with van der Waals surface area (Å²) in [5.74, 6) is 0.905. The molecule has 0 bridgehead atoms. The zero-order chi connectivity index (χ0) is 15.4. The largest absolute Gasteiger partial charge is 0.493 e. The second-order valence-corrected chi connectivity index (χ2v) is 5.72. The molecule has 0 amide bonds. The molecule has 1 aromatic carbocycles. The van der Waals surface area contributed by atoms with Crippen LogP contribution >= 0.6 is 0 Å². The van der Waals surface area contributed by atoms with Gasteiger partial charge in [-0.3, -0.25) is 9.69 Å². The van der Waals surface area contributed by atoms with Crippen LogP contribution in [0.5, 0.6) is 5.75 Å². The average Bonchev–Trinajstić information content (AvgIpc) is 2.49. The maximum atomic E-state index is 12.9. The van der Waals surface area contributed by atoms with Crippen molar-refractivity contribution in [2.75, 3.05) is 32.8 Å². The second kappa shape index (κ2) is 7.05. The molecule has 0 aliphatic carbocycles. The number of carbonyl (C=O) groups is 1. The molecule has 1 aliphatic rings. The topological polar surface area (TPSA) is 41.6 Å². The molecule has 0 radical (unpaired) electrons. The molecule has 0 aromatic heterocycles. The van der Waals surface area contributed by atoms with Gasteiger partial charge in [-0.05, 0) is 44.9 Å². The number of hydrogen-bond donors (Lipinski definition) is 1. The Kier molecular flexibility index (Phi) is 5.37. The predicted octanol–water partition coefficient (Wildman–Crippen LogP) is 2.18. The number of ether oxygens (including phenoxy) is 1. The van der Waals surface area contributed by atoms with Crippen LogP contribution in [0.25, 0.3) is 0 Å². The van der Waals surface area contributed by atoms with Crippen molar-refractivity contribution in [3.8, 4) is 5.75 Å². The van der Waals surface area contributed by atoms with Gasteiger partial charge in [0.25, 0.3) is 0 Å². The van der Waals surface area contributed by atoms with Crippen molar-refractivity contribution in [2.45, 2.75) is 33.7 Å². The fourth-order valence-corrected chi connectivity index (χ4v) is 2.93. The lowest BCUT2D eigenvalue weighted by molar-refractivity contribution is 0.0816. The fraction of sp³-hybridized carbons (Fsp3) is 0.588. The molecule has 1 heterocycles. The first-order valence-electron chi connectivity index (χ1n) is 7.77. The maximum Gasteiger partial charge on any atom is 0.183 e. The number of piperazine rings is 1. The molecule has 1 atom stereocenters. The summed E-state index contributed by atoms with van der Waals surface area (Å²) in [6.45, 7) is 12.3. The van der Waals surface area contributed by atoms with E-state index in [0.29, 0.717) is 6.61 Å². The minimum atomic E-state index is -0.104. The van der Waals surface area contributed by atoms with E-state index in [1.165, 1.54) is 0 Å². The number of rotatable bonds is 5. The molecule has 21 heavy (non-hydrogen) atoms. The number of benzene rings is 1. The third kappa shape index (κ3) is 3.63. The molecule has 1 saturated heterocycles. The van der Waals surface area contributed by atoms with Crippen molar-refractivity contribution in [1.82, 2.24) is 10.2 Å². The molecule has 2 rings (SSSR count). The van der Waals surface area contributed by atoms with Gasteiger partial charge in [0.1, 0.15) is 5.75 Å². The summed E-state index contributed by atoms with van der Waals surface area (Å²) < 4.78 is 5.73. The van der Waals surface area contributed by atoms with Gasteiger partial charge in [0.15, 0.2) is 5.78 Å². The zero-order valence-corrected chi connectivity index (χ0v) is 13.5. The minimum absolute atomic E-state index is 0.104. The van der Waals surface area contributed by atoms with Gasteiger partial charge in [-0.15, -0.1) is 0 Å². The van der Waals surface area contributed by atoms with E-state index in [1.807, 2.05) is 33.8 Å². The van der Waals surface area contributed by atoms with E-state index in [0.717, 1.165) is 48.6 Å². The Morgan fingerprint density at radius 3 is 2.62 bits per heavy atom. The van der Waals surface area contributed by atoms with Crippen molar-refractivity contribution in [2.24, 2.45) is 0 Å². The van der Waals surface area contributed by atoms with Crippen molar-refractivity contribution in [3.63, 3.8) is 0 Å². The van der Waals surface area contributed by atoms with Gasteiger partial charge < -0.3 is 10.1 Å². The maximum absolute atomic E-state index is 12.9. The molecular formula is C17H26N2O2. The highest BCUT2D eigenvalue weighted by molar-refractivity contribution is 6.02. The standard InChI is InChI=1S/C17H26N2O2/c1-5-21-17-13(3)10-12(2)11-15(17)16(20)14(4)19-8-6-18-7-9-19/h10-11,14,18H,5-9H2,1-4H3. The highest BCUT2D eigenvalue weighted by Gasteiger charge is 2.26. The van der Waals surface area contributed by atoms with E-state index in [2.05, 4.69) is 16.3 Å². The zero-order valence-electron chi connectivity index (χ0n) is 13.5. The van der Waals surface area contributed by atoms with E-state index in [9.17, 15) is 4.79 Å². The molecular weight excluding hydrogens is 264 g/mol. The fourth-order valence-electron chi connectivity index (χ4n) is 2.93. The first kappa shape index (κ1) is 16.0. The summed E-state index contributed by atoms with van der Waals surface area (Å²) in [6.07, 6.45) is 0. The average molecular weight is 290 g/mol. The van der Waals surface area contributed by atoms with Crippen LogP contribution in [0.4, 0.5) is 0 Å². The summed E-state index contributed by atoms with van der Waals surface area (Å²) in [5, 5.41) is 3.32. The van der Waals surface area contributed by atoms with Crippen LogP contribution in [0.15, 0.2) is 12.1 Å². The molecule has 1 aromatic rings. The van der Waals surface area contributed by atoms with Crippen LogP contribution < -0.4 is 10.1 Å². The van der Waals surface area contributed by atoms with Crippen LogP contribution in [0, 0.1) is 13.8 Å². The SMILES string of the molecule is CCOc1c(C)cc(C)cc1C(=O)C(C)N1CCNCC1. The molecule has 4 heteroatoms. The van der Waals surface area contributed by atoms with Crippen LogP contribution in [0.3, 0.4) is 0 Å². The number of ketones is 1. The van der Waals surface area contributed by atoms with Crippen molar-refractivity contribution >= 4 is 5.78 Å². The Balaban J connectivity index is 2.28. The Bertz CT molecular complexity index is 508. The van der Waals surface area contributed by atoms with Gasteiger partial charge in [-0.2, -0.15) is 0 Å². The number of Topliss-reactive ketones (excluding diaryl/α,β-unsaturated/α-hetero) is 1. The van der Waals surface area contributed by atoms with Gasteiger partial charge in [0.2, 0.25) is 0 Å². The highest BCUT2D eigenvalue weighted by Crippen LogP contribution is 2.27. The molecule has 1 aliphatic heterocycles. The molecule has 116 valence electrons. The molecule has 0 spiro atoms. The lowest BCUT2D eigenvalue weighted by atomic mass is 9.98. The summed E-state index contributed by atoms with van der Waals surface area (Å²) in [4.78, 5) is 15.1. The molecule has 1 fully saturated rings. The second-order valence-electron chi connectivity index (χ2n) is 5.72. The molecule has 1 N–H and O–H groups in total. The normalized spacial score (nSPS) is 17.5. The monoisotopic (exact) mass is 290 g/mol. The number of aryl methyl sites for hydroxylation is 2. The van der Waals surface area contributed by atoms with Crippen LogP contribution in [0.1, 0.15) is 35.3 Å². The lowest BCUT2D eigenvalue weighted by Gasteiger charge is -2.32. The number of hydrogen-bond acceptors (Lipinski definition) is 4. The Hall–Kier alpha value is -1.39. The molecule has 4 nitrogen and oxygen atoms in total. The summed E-state index contributed by atoms with van der Waals surface area (Å²) in [5.41, 5.74) is 2.86. The van der Waals surface area contributed by atoms with Crippen molar-refractivity contribution in [3.05, 3.63) is 28.8 Å². The van der Waals surface area contributed by atoms with E-state index < -0.39 is 0 Å². The Morgan fingerprint density at radius 2 is 2.00 bits per heavy atom. The third-order valence-corrected chi connectivity index (χ3v) is 4.05. The van der Waals surface area contributed by atoms with E-state index in [1.54, 1.807) is 0 Å². The van der Waals surface area contributed by atoms with Crippen molar-refractivity contribution in [1.29, 1.82) is 0 Å². The third-order valence-electron chi connectivity index (χ3n) is 4.05. The van der Waals surface area contributed by atoms with Crippen LogP contribution in [-0.4, -0.2) is 49.5 Å². The summed E-state index contributed by atoms with van der Waals surface area (Å²) >= 11 is 0. The van der Waals surface area contributed by atoms with Gasteiger partial charge in [0, 0.05) is 26.2 Å². The van der Waals surface area contributed by atoms with Crippen LogP contribution in [0.2, 0.25) is 0 Å². The smallest absolute Gasteiger partial charge is 0.183 e. The van der Waals surface area contributed by atoms with Crippen molar-refractivity contribution < 1.29 is 9.53 Å². The van der Waals surface area contributed by atoms with E-state index in [4.69, 9.17) is 4.74 Å². The molecule has 0 saturated carbocycles. The first-order valence-corrected chi connectivity index (χ1v) is 7.77. The summed E-state index contributed by atoms with van der Waals surface area (Å²) in [6, 6.07) is 3.92. The number of nitrogens with zero attached hydrogens (tertiary/aromatic N) is 1. The Labute approximate surface area is 127 Å². The van der Waals surface area contributed by atoms with Gasteiger partial charge in [-0.25, -0.2) is 0 Å². The highest BCUT2D eigenvalue weighted by atomic mass is 16.5. The minimum Gasteiger partial charge on any atom is -0.493 e. The number of carbonyl (C=O) groups excluding carboxylic acids is 1. The first-order chi connectivity index (χ1) is 10.0. The van der Waals surface area contributed by atoms with Gasteiger partial charge >= 0.3 is 0 Å². The van der Waals surface area contributed by atoms with Crippen LogP contribution in [-0.2, 0) is 0 Å². The van der Waals surface area contributed by atoms with E-state index >= 15 is 0 Å². The summed E-state index contributed by atoms with van der Waals surface area (Å²) in [7, 11) is 0. The van der Waals surface area contributed by atoms with Gasteiger partial charge in [-0.1, -0.05) is 6.07 Å². The molecule has 1 unspecified atom stereocenters. The Morgan fingerprint density at radius 1 is 1.33 bits per heavy atom. The number of nitrogens with one attached hydrogen (secondary N) is 1. The van der Waals surface area contributed by atoms with E-state index in [-0.39, 0.29) is 11.8 Å². The predicted molar refractivity (Wildman–Crippen MR) is 85.3 cm³/mol.